The Labute approximate surface area is 187 Å². The third kappa shape index (κ3) is 4.98. The predicted octanol–water partition coefficient (Wildman–Crippen LogP) is 4.09. The molecule has 0 bridgehead atoms. The van der Waals surface area contributed by atoms with Crippen molar-refractivity contribution in [1.29, 1.82) is 0 Å². The van der Waals surface area contributed by atoms with Gasteiger partial charge in [0.05, 0.1) is 11.5 Å². The van der Waals surface area contributed by atoms with Crippen LogP contribution in [0.2, 0.25) is 5.02 Å². The number of halogens is 1. The molecule has 0 fully saturated rings. The van der Waals surface area contributed by atoms with Crippen LogP contribution in [0.25, 0.3) is 0 Å². The van der Waals surface area contributed by atoms with E-state index in [1.807, 2.05) is 31.2 Å². The Morgan fingerprint density at radius 3 is 2.58 bits per heavy atom. The zero-order valence-electron chi connectivity index (χ0n) is 16.6. The van der Waals surface area contributed by atoms with E-state index in [1.165, 1.54) is 17.3 Å². The summed E-state index contributed by atoms with van der Waals surface area (Å²) in [4.78, 5) is 45.0. The Bertz CT molecular complexity index is 1190. The summed E-state index contributed by atoms with van der Waals surface area (Å²) < 4.78 is 0. The molecule has 2 heterocycles. The highest BCUT2D eigenvalue weighted by atomic mass is 35.5. The number of nitrogens with one attached hydrogen (secondary N) is 3. The van der Waals surface area contributed by atoms with Gasteiger partial charge >= 0.3 is 0 Å². The predicted molar refractivity (Wildman–Crippen MR) is 122 cm³/mol. The van der Waals surface area contributed by atoms with Crippen LogP contribution in [-0.4, -0.2) is 21.8 Å². The monoisotopic (exact) mass is 454 g/mol. The molecule has 2 amide bonds. The Balaban J connectivity index is 1.56. The Kier molecular flexibility index (Phi) is 6.11. The van der Waals surface area contributed by atoms with Crippen molar-refractivity contribution >= 4 is 46.7 Å². The Hall–Kier alpha value is -3.10. The van der Waals surface area contributed by atoms with Crippen molar-refractivity contribution in [3.05, 3.63) is 80.6 Å². The third-order valence-electron chi connectivity index (χ3n) is 4.85. The second-order valence-corrected chi connectivity index (χ2v) is 8.61. The van der Waals surface area contributed by atoms with Crippen LogP contribution in [-0.2, 0) is 15.3 Å². The second-order valence-electron chi connectivity index (χ2n) is 7.21. The maximum Gasteiger partial charge on any atom is 0.257 e. The summed E-state index contributed by atoms with van der Waals surface area (Å²) in [7, 11) is 0. The average Bonchev–Trinajstić information content (AvgIpc) is 2.74. The molecular weight excluding hydrogens is 436 g/mol. The summed E-state index contributed by atoms with van der Waals surface area (Å²) in [6.45, 7) is 2.02. The van der Waals surface area contributed by atoms with Crippen molar-refractivity contribution in [2.75, 3.05) is 10.6 Å². The van der Waals surface area contributed by atoms with Crippen LogP contribution in [0.4, 0.5) is 11.5 Å². The first-order valence-corrected chi connectivity index (χ1v) is 10.9. The molecule has 1 aliphatic rings. The van der Waals surface area contributed by atoms with E-state index in [0.29, 0.717) is 21.6 Å². The lowest BCUT2D eigenvalue weighted by molar-refractivity contribution is -0.123. The second kappa shape index (κ2) is 8.95. The first-order valence-electron chi connectivity index (χ1n) is 9.58. The molecule has 7 nitrogen and oxygen atoms in total. The third-order valence-corrected chi connectivity index (χ3v) is 6.05. The highest BCUT2D eigenvalue weighted by molar-refractivity contribution is 7.98. The molecular formula is C22H19ClN4O3S. The molecule has 1 atom stereocenters. The van der Waals surface area contributed by atoms with Gasteiger partial charge in [-0.05, 0) is 36.8 Å². The number of hydrogen-bond acceptors (Lipinski definition) is 5. The Morgan fingerprint density at radius 2 is 1.87 bits per heavy atom. The van der Waals surface area contributed by atoms with Crippen molar-refractivity contribution in [2.45, 2.75) is 30.2 Å². The summed E-state index contributed by atoms with van der Waals surface area (Å²) in [5, 5.41) is 6.27. The lowest BCUT2D eigenvalue weighted by atomic mass is 9.92. The molecule has 3 N–H and O–H groups in total. The van der Waals surface area contributed by atoms with Crippen LogP contribution < -0.4 is 16.2 Å². The molecule has 158 valence electrons. The molecule has 0 unspecified atom stereocenters. The molecule has 0 aliphatic carbocycles. The summed E-state index contributed by atoms with van der Waals surface area (Å²) in [6, 6.07) is 14.6. The molecule has 31 heavy (non-hydrogen) atoms. The molecule has 0 radical (unpaired) electrons. The number of amides is 2. The van der Waals surface area contributed by atoms with Crippen molar-refractivity contribution in [1.82, 2.24) is 9.97 Å². The molecule has 0 spiro atoms. The molecule has 0 saturated carbocycles. The summed E-state index contributed by atoms with van der Waals surface area (Å²) in [5.74, 6) is -1.02. The van der Waals surface area contributed by atoms with E-state index >= 15 is 0 Å². The minimum atomic E-state index is -0.938. The molecule has 1 aliphatic heterocycles. The number of hydrogen-bond donors (Lipinski definition) is 3. The van der Waals surface area contributed by atoms with Gasteiger partial charge in [0.2, 0.25) is 11.8 Å². The first kappa shape index (κ1) is 21.1. The fourth-order valence-corrected chi connectivity index (χ4v) is 4.18. The summed E-state index contributed by atoms with van der Waals surface area (Å²) >= 11 is 7.22. The van der Waals surface area contributed by atoms with Crippen molar-refractivity contribution in [3.63, 3.8) is 0 Å². The van der Waals surface area contributed by atoms with E-state index in [9.17, 15) is 14.4 Å². The van der Waals surface area contributed by atoms with Crippen LogP contribution in [0.5, 0.6) is 0 Å². The van der Waals surface area contributed by atoms with E-state index in [1.54, 1.807) is 24.3 Å². The van der Waals surface area contributed by atoms with Gasteiger partial charge in [0.15, 0.2) is 5.16 Å². The molecule has 9 heteroatoms. The number of H-pyrrole nitrogens is 1. The Morgan fingerprint density at radius 1 is 1.16 bits per heavy atom. The number of aryl methyl sites for hydroxylation is 1. The fraction of sp³-hybridized carbons (Fsp3) is 0.182. The first-order chi connectivity index (χ1) is 14.9. The van der Waals surface area contributed by atoms with Gasteiger partial charge in [-0.15, -0.1) is 0 Å². The number of aromatic nitrogens is 2. The van der Waals surface area contributed by atoms with E-state index in [0.717, 1.165) is 5.56 Å². The largest absolute Gasteiger partial charge is 0.326 e. The highest BCUT2D eigenvalue weighted by Gasteiger charge is 2.34. The average molecular weight is 455 g/mol. The van der Waals surface area contributed by atoms with E-state index < -0.39 is 17.4 Å². The number of thioether (sulfide) groups is 1. The number of carbonyl (C=O) groups is 2. The van der Waals surface area contributed by atoms with Gasteiger partial charge in [-0.2, -0.15) is 0 Å². The standard InChI is InChI=1S/C22H19ClN4O3S/c1-12-2-4-13(5-3-12)11-31-22-26-19-18(21(30)27-22)16(10-17(28)25-19)20(29)24-15-8-6-14(23)7-9-15/h2-9,16H,10-11H2,1H3,(H,24,29)(H2,25,26,27,28,30)/t16-/m1/s1. The number of carbonyl (C=O) groups excluding carboxylic acids is 2. The zero-order chi connectivity index (χ0) is 22.0. The topological polar surface area (TPSA) is 104 Å². The number of anilines is 2. The number of rotatable bonds is 5. The lowest BCUT2D eigenvalue weighted by Crippen LogP contribution is -2.36. The maximum absolute atomic E-state index is 12.8. The fourth-order valence-electron chi connectivity index (χ4n) is 3.24. The van der Waals surface area contributed by atoms with Gasteiger partial charge in [0, 0.05) is 22.9 Å². The SMILES string of the molecule is Cc1ccc(CSc2nc3c(c(=O)[nH]2)[C@H](C(=O)Nc2ccc(Cl)cc2)CC(=O)N3)cc1. The normalized spacial score (nSPS) is 15.2. The van der Waals surface area contributed by atoms with Gasteiger partial charge in [0.25, 0.3) is 5.56 Å². The smallest absolute Gasteiger partial charge is 0.257 e. The minimum absolute atomic E-state index is 0.127. The van der Waals surface area contributed by atoms with Gasteiger partial charge in [-0.3, -0.25) is 14.4 Å². The molecule has 2 aromatic carbocycles. The van der Waals surface area contributed by atoms with Crippen LogP contribution in [0.3, 0.4) is 0 Å². The lowest BCUT2D eigenvalue weighted by Gasteiger charge is -2.23. The van der Waals surface area contributed by atoms with Crippen LogP contribution in [0.15, 0.2) is 58.5 Å². The van der Waals surface area contributed by atoms with E-state index in [4.69, 9.17) is 11.6 Å². The van der Waals surface area contributed by atoms with Gasteiger partial charge < -0.3 is 15.6 Å². The molecule has 4 rings (SSSR count). The minimum Gasteiger partial charge on any atom is -0.326 e. The van der Waals surface area contributed by atoms with Crippen molar-refractivity contribution in [2.24, 2.45) is 0 Å². The van der Waals surface area contributed by atoms with Crippen molar-refractivity contribution < 1.29 is 9.59 Å². The number of nitrogens with zero attached hydrogens (tertiary/aromatic N) is 1. The van der Waals surface area contributed by atoms with Crippen molar-refractivity contribution in [3.8, 4) is 0 Å². The van der Waals surface area contributed by atoms with Crippen LogP contribution in [0.1, 0.15) is 29.0 Å². The van der Waals surface area contributed by atoms with Gasteiger partial charge in [-0.25, -0.2) is 4.98 Å². The number of aromatic amines is 1. The van der Waals surface area contributed by atoms with Gasteiger partial charge in [0.1, 0.15) is 5.82 Å². The summed E-state index contributed by atoms with van der Waals surface area (Å²) in [5.41, 5.74) is 2.50. The zero-order valence-corrected chi connectivity index (χ0v) is 18.1. The summed E-state index contributed by atoms with van der Waals surface area (Å²) in [6.07, 6.45) is -0.132. The maximum atomic E-state index is 12.8. The molecule has 1 aromatic heterocycles. The molecule has 0 saturated heterocycles. The quantitative estimate of drug-likeness (QED) is 0.398. The van der Waals surface area contributed by atoms with E-state index in [-0.39, 0.29) is 23.7 Å². The number of fused-ring (bicyclic) bond motifs is 1. The van der Waals surface area contributed by atoms with E-state index in [2.05, 4.69) is 20.6 Å². The van der Waals surface area contributed by atoms with Gasteiger partial charge in [-0.1, -0.05) is 53.2 Å². The van der Waals surface area contributed by atoms with Crippen LogP contribution >= 0.6 is 23.4 Å². The molecule has 3 aromatic rings. The number of benzene rings is 2. The van der Waals surface area contributed by atoms with Crippen LogP contribution in [0, 0.1) is 6.92 Å². The highest BCUT2D eigenvalue weighted by Crippen LogP contribution is 2.31.